The molecule has 7 rings (SSSR count). The number of nitrogens with zero attached hydrogens (tertiary/aromatic N) is 1. The summed E-state index contributed by atoms with van der Waals surface area (Å²) in [6.07, 6.45) is 19.9. The van der Waals surface area contributed by atoms with E-state index >= 15 is 0 Å². The van der Waals surface area contributed by atoms with Crippen LogP contribution in [-0.2, 0) is 19.4 Å². The smallest absolute Gasteiger partial charge is 0.308 e. The van der Waals surface area contributed by atoms with Crippen LogP contribution in [0.4, 0.5) is 0 Å². The summed E-state index contributed by atoms with van der Waals surface area (Å²) >= 11 is 0. The highest BCUT2D eigenvalue weighted by atomic mass is 32.2. The van der Waals surface area contributed by atoms with Crippen LogP contribution in [0.1, 0.15) is 138 Å². The molecule has 0 radical (unpaired) electrons. The predicted molar refractivity (Wildman–Crippen MR) is 213 cm³/mol. The second-order valence-electron chi connectivity index (χ2n) is 20.6. The number of hydrogen-bond donors (Lipinski definition) is 1. The highest BCUT2D eigenvalue weighted by Gasteiger charge is 2.70. The summed E-state index contributed by atoms with van der Waals surface area (Å²) < 4.78 is 29.6. The predicted octanol–water partition coefficient (Wildman–Crippen LogP) is 9.01. The highest BCUT2D eigenvalue weighted by molar-refractivity contribution is 7.91. The molecule has 7 heteroatoms. The van der Waals surface area contributed by atoms with Crippen molar-refractivity contribution in [3.63, 3.8) is 0 Å². The summed E-state index contributed by atoms with van der Waals surface area (Å²) in [4.78, 5) is 15.0. The average Bonchev–Trinajstić information content (AvgIpc) is 3.47. The van der Waals surface area contributed by atoms with Crippen LogP contribution in [0.3, 0.4) is 0 Å². The molecule has 1 saturated heterocycles. The minimum Gasteiger partial charge on any atom is -0.466 e. The molecule has 52 heavy (non-hydrogen) atoms. The molecule has 7 aliphatic rings. The van der Waals surface area contributed by atoms with Crippen molar-refractivity contribution >= 4 is 15.8 Å². The van der Waals surface area contributed by atoms with Crippen molar-refractivity contribution in [2.24, 2.45) is 63.1 Å². The summed E-state index contributed by atoms with van der Waals surface area (Å²) in [5.41, 5.74) is 4.39. The summed E-state index contributed by atoms with van der Waals surface area (Å²) in [6, 6.07) is 0. The molecule has 1 heterocycles. The van der Waals surface area contributed by atoms with Crippen molar-refractivity contribution in [1.82, 2.24) is 10.2 Å². The Morgan fingerprint density at radius 1 is 0.942 bits per heavy atom. The first-order valence-electron chi connectivity index (χ1n) is 21.7. The van der Waals surface area contributed by atoms with Gasteiger partial charge in [-0.3, -0.25) is 4.79 Å². The van der Waals surface area contributed by atoms with E-state index in [9.17, 15) is 13.2 Å². The molecule has 1 aliphatic heterocycles. The van der Waals surface area contributed by atoms with Gasteiger partial charge in [-0.1, -0.05) is 71.3 Å². The van der Waals surface area contributed by atoms with Gasteiger partial charge in [0.15, 0.2) is 9.84 Å². The molecule has 6 nitrogen and oxygen atoms in total. The zero-order valence-corrected chi connectivity index (χ0v) is 35.0. The van der Waals surface area contributed by atoms with Crippen LogP contribution in [0, 0.1) is 63.1 Å². The third-order valence-electron chi connectivity index (χ3n) is 18.1. The SMILES string of the molecule is C=C(C)[C@@H]1CC[C@]2(NCCN3CCS(=O)(=O)CC3)CC[C@]3(C)[C@H](CC[C@@H]4[C@@]5(C)CC=C(CC6CCCC(C(=O)OCC)C6)C(C)(C)[C@@H]5CC[C@]43C)[C@@H]12. The maximum absolute atomic E-state index is 12.7. The van der Waals surface area contributed by atoms with Gasteiger partial charge in [0.25, 0.3) is 0 Å². The molecule has 0 aromatic heterocycles. The monoisotopic (exact) mass is 739 g/mol. The molecule has 2 unspecified atom stereocenters. The third kappa shape index (κ3) is 6.42. The van der Waals surface area contributed by atoms with Gasteiger partial charge in [-0.25, -0.2) is 8.42 Å². The summed E-state index contributed by atoms with van der Waals surface area (Å²) in [7, 11) is -2.85. The number of hydrogen-bond acceptors (Lipinski definition) is 6. The second-order valence-corrected chi connectivity index (χ2v) is 22.9. The first-order valence-corrected chi connectivity index (χ1v) is 23.5. The van der Waals surface area contributed by atoms with Crippen molar-refractivity contribution in [2.45, 2.75) is 144 Å². The van der Waals surface area contributed by atoms with Crippen LogP contribution >= 0.6 is 0 Å². The van der Waals surface area contributed by atoms with Crippen molar-refractivity contribution in [3.8, 4) is 0 Å². The van der Waals surface area contributed by atoms with Crippen LogP contribution in [-0.4, -0.2) is 69.1 Å². The van der Waals surface area contributed by atoms with E-state index in [1.54, 1.807) is 5.57 Å². The molecule has 6 fully saturated rings. The molecule has 0 bridgehead atoms. The number of allylic oxidation sites excluding steroid dienone is 3. The van der Waals surface area contributed by atoms with Gasteiger partial charge >= 0.3 is 5.97 Å². The first kappa shape index (κ1) is 39.1. The summed E-state index contributed by atoms with van der Waals surface area (Å²) in [6.45, 7) is 26.0. The van der Waals surface area contributed by atoms with Gasteiger partial charge in [0, 0.05) is 31.7 Å². The standard InChI is InChI=1S/C45H74N2O4S/c1-9-51-40(48)33-12-10-11-32(29-33)30-34-15-18-42(6)37(41(34,4)5)17-19-44(8)38(42)14-13-36-39-35(31(2)3)16-20-45(39,22-21-43(36,44)7)46-23-24-47-25-27-52(49,50)28-26-47/h15,32-33,35-39,46H,2,9-14,16-30H2,1,3-8H3/t32?,33?,35-,36+,37-,38+,39+,42-,43+,44+,45-/m0/s1. The molecule has 6 aliphatic carbocycles. The van der Waals surface area contributed by atoms with Gasteiger partial charge in [0.05, 0.1) is 24.0 Å². The number of sulfone groups is 1. The minimum atomic E-state index is -2.85. The molecule has 11 atom stereocenters. The quantitative estimate of drug-likeness (QED) is 0.188. The molecule has 0 spiro atoms. The molecule has 0 aromatic carbocycles. The Hall–Kier alpha value is -1.18. The lowest BCUT2D eigenvalue weighted by Gasteiger charge is -2.72. The van der Waals surface area contributed by atoms with E-state index in [0.29, 0.717) is 77.0 Å². The van der Waals surface area contributed by atoms with Gasteiger partial charge in [-0.15, -0.1) is 0 Å². The Labute approximate surface area is 318 Å². The molecular formula is C45H74N2O4S. The molecular weight excluding hydrogens is 665 g/mol. The fourth-order valence-corrected chi connectivity index (χ4v) is 16.4. The molecule has 0 amide bonds. The lowest BCUT2D eigenvalue weighted by Crippen LogP contribution is -2.68. The van der Waals surface area contributed by atoms with E-state index in [1.165, 1.54) is 69.8 Å². The van der Waals surface area contributed by atoms with Gasteiger partial charge in [-0.2, -0.15) is 0 Å². The number of carbonyl (C=O) groups excluding carboxylic acids is 1. The van der Waals surface area contributed by atoms with E-state index in [1.807, 2.05) is 6.92 Å². The molecule has 294 valence electrons. The normalized spacial score (nSPS) is 45.4. The van der Waals surface area contributed by atoms with Crippen molar-refractivity contribution in [2.75, 3.05) is 44.3 Å². The van der Waals surface area contributed by atoms with Gasteiger partial charge in [-0.05, 0) is 148 Å². The lowest BCUT2D eigenvalue weighted by atomic mass is 9.33. The molecule has 1 N–H and O–H groups in total. The van der Waals surface area contributed by atoms with Crippen molar-refractivity contribution < 1.29 is 17.9 Å². The number of rotatable bonds is 9. The Balaban J connectivity index is 1.09. The average molecular weight is 739 g/mol. The number of carbonyl (C=O) groups is 1. The molecule has 5 saturated carbocycles. The van der Waals surface area contributed by atoms with Crippen LogP contribution in [0.2, 0.25) is 0 Å². The van der Waals surface area contributed by atoms with Crippen LogP contribution < -0.4 is 5.32 Å². The minimum absolute atomic E-state index is 0.0345. The highest BCUT2D eigenvalue weighted by Crippen LogP contribution is 2.76. The van der Waals surface area contributed by atoms with E-state index < -0.39 is 9.84 Å². The fraction of sp³-hybridized carbons (Fsp3) is 0.889. The third-order valence-corrected chi connectivity index (χ3v) is 19.7. The van der Waals surface area contributed by atoms with Gasteiger partial charge in [0.1, 0.15) is 0 Å². The van der Waals surface area contributed by atoms with Crippen LogP contribution in [0.15, 0.2) is 23.8 Å². The van der Waals surface area contributed by atoms with Crippen molar-refractivity contribution in [3.05, 3.63) is 23.8 Å². The topological polar surface area (TPSA) is 75.7 Å². The maximum Gasteiger partial charge on any atom is 0.308 e. The molecule has 0 aromatic rings. The number of ether oxygens (including phenoxy) is 1. The van der Waals surface area contributed by atoms with E-state index in [4.69, 9.17) is 4.74 Å². The maximum atomic E-state index is 12.7. The van der Waals surface area contributed by atoms with E-state index in [-0.39, 0.29) is 22.8 Å². The Kier molecular flexibility index (Phi) is 10.6. The largest absolute Gasteiger partial charge is 0.466 e. The zero-order valence-electron chi connectivity index (χ0n) is 34.2. The Bertz CT molecular complexity index is 1510. The van der Waals surface area contributed by atoms with E-state index in [2.05, 4.69) is 64.4 Å². The lowest BCUT2D eigenvalue weighted by molar-refractivity contribution is -0.221. The summed E-state index contributed by atoms with van der Waals surface area (Å²) in [5.74, 6) is 4.71. The van der Waals surface area contributed by atoms with Crippen molar-refractivity contribution in [1.29, 1.82) is 0 Å². The van der Waals surface area contributed by atoms with E-state index in [0.717, 1.165) is 44.7 Å². The number of fused-ring (bicyclic) bond motifs is 7. The number of nitrogens with one attached hydrogen (secondary N) is 1. The Morgan fingerprint density at radius 3 is 2.40 bits per heavy atom. The second kappa shape index (κ2) is 14.1. The number of esters is 1. The fourth-order valence-electron chi connectivity index (χ4n) is 15.2. The zero-order chi connectivity index (χ0) is 37.3. The van der Waals surface area contributed by atoms with Gasteiger partial charge < -0.3 is 15.0 Å². The summed E-state index contributed by atoms with van der Waals surface area (Å²) in [5, 5.41) is 4.24. The van der Waals surface area contributed by atoms with Gasteiger partial charge in [0.2, 0.25) is 0 Å². The Morgan fingerprint density at radius 2 is 1.69 bits per heavy atom. The van der Waals surface area contributed by atoms with Crippen LogP contribution in [0.5, 0.6) is 0 Å². The first-order chi connectivity index (χ1) is 24.5. The van der Waals surface area contributed by atoms with Crippen LogP contribution in [0.25, 0.3) is 0 Å².